The number of likely N-dealkylation sites (tertiary alicyclic amines) is 1. The number of aryl methyl sites for hydroxylation is 1. The van der Waals surface area contributed by atoms with Crippen LogP contribution in [0.2, 0.25) is 0 Å². The van der Waals surface area contributed by atoms with E-state index in [1.807, 2.05) is 54.3 Å². The van der Waals surface area contributed by atoms with Crippen LogP contribution >= 0.6 is 0 Å². The van der Waals surface area contributed by atoms with Crippen molar-refractivity contribution in [2.24, 2.45) is 0 Å². The van der Waals surface area contributed by atoms with E-state index in [2.05, 4.69) is 10.2 Å². The molecule has 1 unspecified atom stereocenters. The highest BCUT2D eigenvalue weighted by Crippen LogP contribution is 2.17. The molecular weight excluding hydrogens is 278 g/mol. The summed E-state index contributed by atoms with van der Waals surface area (Å²) in [6, 6.07) is 13.5. The maximum Gasteiger partial charge on any atom is 0.233 e. The van der Waals surface area contributed by atoms with Crippen LogP contribution < -0.4 is 4.74 Å². The van der Waals surface area contributed by atoms with Gasteiger partial charge in [-0.3, -0.25) is 4.79 Å². The Morgan fingerprint density at radius 2 is 2.05 bits per heavy atom. The first kappa shape index (κ1) is 14.5. The van der Waals surface area contributed by atoms with E-state index in [9.17, 15) is 4.79 Å². The number of hydrogen-bond donors (Lipinski definition) is 0. The summed E-state index contributed by atoms with van der Waals surface area (Å²) in [5.74, 6) is 0.667. The number of nitrogens with zero attached hydrogens (tertiary/aromatic N) is 3. The molecule has 1 aliphatic rings. The third kappa shape index (κ3) is 3.61. The van der Waals surface area contributed by atoms with E-state index in [1.165, 1.54) is 0 Å². The van der Waals surface area contributed by atoms with Gasteiger partial charge in [-0.05, 0) is 18.6 Å². The van der Waals surface area contributed by atoms with Crippen LogP contribution in [0.25, 0.3) is 0 Å². The van der Waals surface area contributed by atoms with E-state index in [0.29, 0.717) is 18.8 Å². The molecule has 1 aromatic carbocycles. The zero-order valence-electron chi connectivity index (χ0n) is 12.6. The number of ether oxygens (including phenoxy) is 1. The van der Waals surface area contributed by atoms with Crippen molar-refractivity contribution in [1.29, 1.82) is 0 Å². The van der Waals surface area contributed by atoms with Crippen LogP contribution in [-0.4, -0.2) is 40.2 Å². The molecule has 1 saturated heterocycles. The van der Waals surface area contributed by atoms with Gasteiger partial charge in [-0.15, -0.1) is 5.10 Å². The second-order valence-electron chi connectivity index (χ2n) is 5.54. The minimum absolute atomic E-state index is 0.00303. The van der Waals surface area contributed by atoms with Crippen molar-refractivity contribution in [1.82, 2.24) is 15.1 Å². The van der Waals surface area contributed by atoms with E-state index < -0.39 is 0 Å². The van der Waals surface area contributed by atoms with E-state index in [4.69, 9.17) is 4.74 Å². The number of rotatable bonds is 4. The highest BCUT2D eigenvalue weighted by atomic mass is 16.5. The first-order valence-electron chi connectivity index (χ1n) is 7.49. The molecule has 1 aromatic heterocycles. The number of benzene rings is 1. The fourth-order valence-corrected chi connectivity index (χ4v) is 2.55. The Hall–Kier alpha value is -2.43. The molecule has 0 N–H and O–H groups in total. The molecule has 3 rings (SSSR count). The van der Waals surface area contributed by atoms with Crippen molar-refractivity contribution in [3.8, 4) is 5.88 Å². The second-order valence-corrected chi connectivity index (χ2v) is 5.54. The molecule has 5 nitrogen and oxygen atoms in total. The molecule has 0 bridgehead atoms. The highest BCUT2D eigenvalue weighted by Gasteiger charge is 2.27. The van der Waals surface area contributed by atoms with Crippen LogP contribution in [0.5, 0.6) is 5.88 Å². The zero-order chi connectivity index (χ0) is 15.4. The summed E-state index contributed by atoms with van der Waals surface area (Å²) < 4.78 is 5.79. The Morgan fingerprint density at radius 1 is 1.23 bits per heavy atom. The summed E-state index contributed by atoms with van der Waals surface area (Å²) in [6.45, 7) is 3.23. The Morgan fingerprint density at radius 3 is 2.77 bits per heavy atom. The van der Waals surface area contributed by atoms with Gasteiger partial charge in [0.25, 0.3) is 0 Å². The zero-order valence-corrected chi connectivity index (χ0v) is 12.6. The summed E-state index contributed by atoms with van der Waals surface area (Å²) in [7, 11) is 0. The number of carbonyl (C=O) groups is 1. The monoisotopic (exact) mass is 297 g/mol. The van der Waals surface area contributed by atoms with E-state index in [0.717, 1.165) is 24.2 Å². The number of hydrogen-bond acceptors (Lipinski definition) is 4. The van der Waals surface area contributed by atoms with Crippen molar-refractivity contribution in [3.05, 3.63) is 53.7 Å². The third-order valence-corrected chi connectivity index (χ3v) is 3.76. The van der Waals surface area contributed by atoms with Crippen LogP contribution in [0.3, 0.4) is 0 Å². The van der Waals surface area contributed by atoms with Crippen molar-refractivity contribution in [3.63, 3.8) is 0 Å². The summed E-state index contributed by atoms with van der Waals surface area (Å²) in [6.07, 6.45) is 1.27. The largest absolute Gasteiger partial charge is 0.471 e. The van der Waals surface area contributed by atoms with Crippen molar-refractivity contribution in [2.45, 2.75) is 25.9 Å². The van der Waals surface area contributed by atoms with Crippen LogP contribution in [0, 0.1) is 6.92 Å². The lowest BCUT2D eigenvalue weighted by atomic mass is 10.1. The maximum atomic E-state index is 12.3. The number of carbonyl (C=O) groups excluding carboxylic acids is 1. The van der Waals surface area contributed by atoms with Gasteiger partial charge in [-0.25, -0.2) is 0 Å². The maximum absolute atomic E-state index is 12.3. The normalized spacial score (nSPS) is 17.5. The Kier molecular flexibility index (Phi) is 4.32. The van der Waals surface area contributed by atoms with Crippen molar-refractivity contribution >= 4 is 5.91 Å². The molecule has 0 aliphatic carbocycles. The average molecular weight is 297 g/mol. The number of amides is 1. The highest BCUT2D eigenvalue weighted by molar-refractivity contribution is 5.79. The van der Waals surface area contributed by atoms with Gasteiger partial charge in [-0.1, -0.05) is 30.3 Å². The molecule has 22 heavy (non-hydrogen) atoms. The summed E-state index contributed by atoms with van der Waals surface area (Å²) in [5, 5.41) is 7.98. The first-order valence-corrected chi connectivity index (χ1v) is 7.49. The molecule has 2 aromatic rings. The van der Waals surface area contributed by atoms with E-state index in [-0.39, 0.29) is 12.0 Å². The van der Waals surface area contributed by atoms with Crippen molar-refractivity contribution in [2.75, 3.05) is 13.1 Å². The molecule has 0 spiro atoms. The summed E-state index contributed by atoms with van der Waals surface area (Å²) in [5.41, 5.74) is 1.90. The molecule has 1 fully saturated rings. The smallest absolute Gasteiger partial charge is 0.233 e. The second kappa shape index (κ2) is 6.56. The van der Waals surface area contributed by atoms with Gasteiger partial charge in [0.1, 0.15) is 6.10 Å². The van der Waals surface area contributed by atoms with Gasteiger partial charge in [0.05, 0.1) is 18.7 Å². The molecule has 1 amide bonds. The Balaban J connectivity index is 1.53. The summed E-state index contributed by atoms with van der Waals surface area (Å²) >= 11 is 0. The fraction of sp³-hybridized carbons (Fsp3) is 0.353. The van der Waals surface area contributed by atoms with Gasteiger partial charge in [0.15, 0.2) is 0 Å². The lowest BCUT2D eigenvalue weighted by Crippen LogP contribution is -2.32. The lowest BCUT2D eigenvalue weighted by Gasteiger charge is -2.17. The topological polar surface area (TPSA) is 55.3 Å². The van der Waals surface area contributed by atoms with Gasteiger partial charge < -0.3 is 9.64 Å². The molecule has 0 radical (unpaired) electrons. The minimum atomic E-state index is -0.00303. The van der Waals surface area contributed by atoms with E-state index in [1.54, 1.807) is 0 Å². The van der Waals surface area contributed by atoms with E-state index >= 15 is 0 Å². The van der Waals surface area contributed by atoms with Crippen LogP contribution in [0.15, 0.2) is 42.5 Å². The predicted molar refractivity (Wildman–Crippen MR) is 82.5 cm³/mol. The summed E-state index contributed by atoms with van der Waals surface area (Å²) in [4.78, 5) is 14.2. The predicted octanol–water partition coefficient (Wildman–Crippen LogP) is 2.01. The first-order chi connectivity index (χ1) is 10.7. The molecule has 114 valence electrons. The standard InChI is InChI=1S/C17H19N3O2/c1-13-7-8-16(19-18-13)22-15-9-10-20(12-15)17(21)11-14-5-3-2-4-6-14/h2-8,15H,9-12H2,1H3. The molecule has 1 aliphatic heterocycles. The van der Waals surface area contributed by atoms with Gasteiger partial charge in [0, 0.05) is 19.0 Å². The van der Waals surface area contributed by atoms with Crippen LogP contribution in [0.1, 0.15) is 17.7 Å². The molecule has 1 atom stereocenters. The minimum Gasteiger partial charge on any atom is -0.471 e. The third-order valence-electron chi connectivity index (χ3n) is 3.76. The van der Waals surface area contributed by atoms with Crippen LogP contribution in [-0.2, 0) is 11.2 Å². The molecular formula is C17H19N3O2. The number of aromatic nitrogens is 2. The van der Waals surface area contributed by atoms with Gasteiger partial charge in [-0.2, -0.15) is 5.10 Å². The van der Waals surface area contributed by atoms with Gasteiger partial charge in [0.2, 0.25) is 11.8 Å². The quantitative estimate of drug-likeness (QED) is 0.866. The van der Waals surface area contributed by atoms with Crippen LogP contribution in [0.4, 0.5) is 0 Å². The molecule has 5 heteroatoms. The Labute approximate surface area is 129 Å². The Bertz CT molecular complexity index is 628. The van der Waals surface area contributed by atoms with Gasteiger partial charge >= 0.3 is 0 Å². The average Bonchev–Trinajstić information content (AvgIpc) is 2.99. The molecule has 2 heterocycles. The van der Waals surface area contributed by atoms with Crippen molar-refractivity contribution < 1.29 is 9.53 Å². The lowest BCUT2D eigenvalue weighted by molar-refractivity contribution is -0.129. The fourth-order valence-electron chi connectivity index (χ4n) is 2.55. The molecule has 0 saturated carbocycles. The SMILES string of the molecule is Cc1ccc(OC2CCN(C(=O)Cc3ccccc3)C2)nn1.